The van der Waals surface area contributed by atoms with Gasteiger partial charge in [0, 0.05) is 31.7 Å². The summed E-state index contributed by atoms with van der Waals surface area (Å²) in [6, 6.07) is 5.53. The Bertz CT molecular complexity index is 574. The van der Waals surface area contributed by atoms with Gasteiger partial charge in [-0.1, -0.05) is 6.92 Å². The number of aryl methyl sites for hydroxylation is 1. The molecule has 6 heteroatoms. The molecule has 1 aromatic carbocycles. The van der Waals surface area contributed by atoms with Crippen molar-refractivity contribution in [2.75, 3.05) is 40.4 Å². The molecule has 1 aliphatic rings. The van der Waals surface area contributed by atoms with E-state index < -0.39 is 0 Å². The molecule has 0 N–H and O–H groups in total. The van der Waals surface area contributed by atoms with Gasteiger partial charge in [0.1, 0.15) is 5.75 Å². The molecule has 2 amide bonds. The van der Waals surface area contributed by atoms with Crippen molar-refractivity contribution >= 4 is 12.0 Å². The van der Waals surface area contributed by atoms with E-state index in [9.17, 15) is 9.59 Å². The maximum Gasteiger partial charge on any atom is 0.409 e. The highest BCUT2D eigenvalue weighted by Gasteiger charge is 2.23. The molecule has 0 radical (unpaired) electrons. The van der Waals surface area contributed by atoms with Crippen LogP contribution in [0.15, 0.2) is 18.2 Å². The van der Waals surface area contributed by atoms with Gasteiger partial charge in [-0.3, -0.25) is 4.79 Å². The van der Waals surface area contributed by atoms with Crippen LogP contribution >= 0.6 is 0 Å². The number of nitrogens with zero attached hydrogens (tertiary/aromatic N) is 2. The summed E-state index contributed by atoms with van der Waals surface area (Å²) in [5.74, 6) is 0.797. The highest BCUT2D eigenvalue weighted by Crippen LogP contribution is 2.21. The Kier molecular flexibility index (Phi) is 5.84. The van der Waals surface area contributed by atoms with Crippen molar-refractivity contribution in [2.45, 2.75) is 19.8 Å². The first-order valence-electron chi connectivity index (χ1n) is 7.89. The van der Waals surface area contributed by atoms with E-state index in [4.69, 9.17) is 9.47 Å². The fourth-order valence-corrected chi connectivity index (χ4v) is 2.80. The molecular weight excluding hydrogens is 296 g/mol. The Hall–Kier alpha value is -2.24. The third-order valence-corrected chi connectivity index (χ3v) is 4.12. The summed E-state index contributed by atoms with van der Waals surface area (Å²) < 4.78 is 10.1. The number of rotatable bonds is 3. The zero-order valence-corrected chi connectivity index (χ0v) is 14.0. The number of carbonyl (C=O) groups excluding carboxylic acids is 2. The fourth-order valence-electron chi connectivity index (χ4n) is 2.80. The van der Waals surface area contributed by atoms with Gasteiger partial charge in [-0.2, -0.15) is 0 Å². The van der Waals surface area contributed by atoms with Gasteiger partial charge in [0.2, 0.25) is 0 Å². The molecule has 126 valence electrons. The van der Waals surface area contributed by atoms with E-state index in [1.54, 1.807) is 23.0 Å². The predicted molar refractivity (Wildman–Crippen MR) is 86.9 cm³/mol. The van der Waals surface area contributed by atoms with Crippen LogP contribution < -0.4 is 4.74 Å². The number of benzene rings is 1. The van der Waals surface area contributed by atoms with Gasteiger partial charge < -0.3 is 19.3 Å². The molecule has 6 nitrogen and oxygen atoms in total. The van der Waals surface area contributed by atoms with Gasteiger partial charge in [-0.05, 0) is 36.6 Å². The second-order valence-electron chi connectivity index (χ2n) is 5.48. The molecule has 0 unspecified atom stereocenters. The normalized spacial score (nSPS) is 15.1. The fraction of sp³-hybridized carbons (Fsp3) is 0.529. The lowest BCUT2D eigenvalue weighted by atomic mass is 10.1. The molecule has 23 heavy (non-hydrogen) atoms. The molecule has 0 saturated carbocycles. The minimum atomic E-state index is -0.336. The third-order valence-electron chi connectivity index (χ3n) is 4.12. The number of ether oxygens (including phenoxy) is 2. The van der Waals surface area contributed by atoms with Crippen molar-refractivity contribution < 1.29 is 19.1 Å². The Balaban J connectivity index is 2.10. The van der Waals surface area contributed by atoms with Crippen molar-refractivity contribution in [3.63, 3.8) is 0 Å². The van der Waals surface area contributed by atoms with Crippen LogP contribution in [0.25, 0.3) is 0 Å². The lowest BCUT2D eigenvalue weighted by Crippen LogP contribution is -2.37. The lowest BCUT2D eigenvalue weighted by molar-refractivity contribution is 0.0757. The highest BCUT2D eigenvalue weighted by molar-refractivity contribution is 5.94. The van der Waals surface area contributed by atoms with E-state index in [2.05, 4.69) is 0 Å². The van der Waals surface area contributed by atoms with Crippen LogP contribution in [0, 0.1) is 0 Å². The van der Waals surface area contributed by atoms with E-state index in [1.165, 1.54) is 7.11 Å². The number of carbonyl (C=O) groups is 2. The van der Waals surface area contributed by atoms with Crippen LogP contribution in [0.3, 0.4) is 0 Å². The van der Waals surface area contributed by atoms with Crippen molar-refractivity contribution in [3.05, 3.63) is 29.3 Å². The summed E-state index contributed by atoms with van der Waals surface area (Å²) in [6.07, 6.45) is 1.22. The largest absolute Gasteiger partial charge is 0.496 e. The Morgan fingerprint density at radius 2 is 1.78 bits per heavy atom. The molecule has 1 saturated heterocycles. The molecule has 0 aromatic heterocycles. The summed E-state index contributed by atoms with van der Waals surface area (Å²) >= 11 is 0. The van der Waals surface area contributed by atoms with E-state index >= 15 is 0 Å². The van der Waals surface area contributed by atoms with Gasteiger partial charge in [-0.25, -0.2) is 4.79 Å². The summed E-state index contributed by atoms with van der Waals surface area (Å²) in [5, 5.41) is 0. The van der Waals surface area contributed by atoms with Crippen LogP contribution in [0.1, 0.15) is 29.3 Å². The molecule has 1 aliphatic heterocycles. The summed E-state index contributed by atoms with van der Waals surface area (Å²) in [6.45, 7) is 4.29. The Morgan fingerprint density at radius 3 is 2.43 bits per heavy atom. The van der Waals surface area contributed by atoms with Crippen molar-refractivity contribution in [1.29, 1.82) is 0 Å². The third kappa shape index (κ3) is 3.94. The van der Waals surface area contributed by atoms with Crippen LogP contribution in [0.5, 0.6) is 5.75 Å². The van der Waals surface area contributed by atoms with Gasteiger partial charge in [0.25, 0.3) is 5.91 Å². The lowest BCUT2D eigenvalue weighted by Gasteiger charge is -2.22. The maximum atomic E-state index is 12.7. The van der Waals surface area contributed by atoms with Crippen molar-refractivity contribution in [1.82, 2.24) is 9.80 Å². The number of hydrogen-bond acceptors (Lipinski definition) is 4. The zero-order chi connectivity index (χ0) is 16.8. The van der Waals surface area contributed by atoms with E-state index in [0.717, 1.165) is 24.2 Å². The molecule has 0 spiro atoms. The SMILES string of the molecule is CCc1cc(C(=O)N2CCCN(C(=O)OC)CC2)ccc1OC. The molecule has 1 aromatic rings. The first-order chi connectivity index (χ1) is 11.1. The van der Waals surface area contributed by atoms with E-state index in [0.29, 0.717) is 31.7 Å². The topological polar surface area (TPSA) is 59.1 Å². The minimum absolute atomic E-state index is 0.00549. The molecular formula is C17H24N2O4. The Morgan fingerprint density at radius 1 is 1.09 bits per heavy atom. The first-order valence-corrected chi connectivity index (χ1v) is 7.89. The summed E-state index contributed by atoms with van der Waals surface area (Å²) in [4.78, 5) is 27.8. The van der Waals surface area contributed by atoms with Gasteiger partial charge in [0.05, 0.1) is 14.2 Å². The zero-order valence-electron chi connectivity index (χ0n) is 14.0. The van der Waals surface area contributed by atoms with Crippen LogP contribution in [-0.4, -0.2) is 62.2 Å². The molecule has 0 bridgehead atoms. The molecule has 0 aliphatic carbocycles. The smallest absolute Gasteiger partial charge is 0.409 e. The predicted octanol–water partition coefficient (Wildman–Crippen LogP) is 2.17. The maximum absolute atomic E-state index is 12.7. The van der Waals surface area contributed by atoms with Crippen LogP contribution in [-0.2, 0) is 11.2 Å². The number of amides is 2. The molecule has 0 atom stereocenters. The van der Waals surface area contributed by atoms with Gasteiger partial charge in [-0.15, -0.1) is 0 Å². The summed E-state index contributed by atoms with van der Waals surface area (Å²) in [5.41, 5.74) is 1.68. The quantitative estimate of drug-likeness (QED) is 0.856. The van der Waals surface area contributed by atoms with Gasteiger partial charge in [0.15, 0.2) is 0 Å². The van der Waals surface area contributed by atoms with Gasteiger partial charge >= 0.3 is 6.09 Å². The minimum Gasteiger partial charge on any atom is -0.496 e. The standard InChI is InChI=1S/C17H24N2O4/c1-4-13-12-14(6-7-15(13)22-2)16(20)18-8-5-9-19(11-10-18)17(21)23-3/h6-7,12H,4-5,8-11H2,1-3H3. The number of hydrogen-bond donors (Lipinski definition) is 0. The van der Waals surface area contributed by atoms with Crippen molar-refractivity contribution in [3.8, 4) is 5.75 Å². The average Bonchev–Trinajstić information content (AvgIpc) is 2.85. The molecule has 1 fully saturated rings. The van der Waals surface area contributed by atoms with Crippen molar-refractivity contribution in [2.24, 2.45) is 0 Å². The second kappa shape index (κ2) is 7.85. The molecule has 2 rings (SSSR count). The molecule has 1 heterocycles. The first kappa shape index (κ1) is 17.1. The highest BCUT2D eigenvalue weighted by atomic mass is 16.5. The number of methoxy groups -OCH3 is 2. The van der Waals surface area contributed by atoms with Crippen LogP contribution in [0.4, 0.5) is 4.79 Å². The van der Waals surface area contributed by atoms with E-state index in [1.807, 2.05) is 19.1 Å². The van der Waals surface area contributed by atoms with E-state index in [-0.39, 0.29) is 12.0 Å². The van der Waals surface area contributed by atoms with Crippen LogP contribution in [0.2, 0.25) is 0 Å². The summed E-state index contributed by atoms with van der Waals surface area (Å²) in [7, 11) is 3.01. The average molecular weight is 320 g/mol. The second-order valence-corrected chi connectivity index (χ2v) is 5.48. The monoisotopic (exact) mass is 320 g/mol. The Labute approximate surface area is 137 Å².